The van der Waals surface area contributed by atoms with Crippen LogP contribution in [0.1, 0.15) is 12.8 Å². The molecule has 3 aliphatic rings. The first-order chi connectivity index (χ1) is 7.86. The average Bonchev–Trinajstić information content (AvgIpc) is 2.16. The molecule has 0 bridgehead atoms. The highest BCUT2D eigenvalue weighted by molar-refractivity contribution is 4.93. The molecule has 2 heterocycles. The molecule has 0 atom stereocenters. The number of ether oxygens (including phenoxy) is 1. The monoisotopic (exact) mass is 225 g/mol. The Morgan fingerprint density at radius 1 is 0.938 bits per heavy atom. The zero-order chi connectivity index (χ0) is 11.0. The fourth-order valence-electron chi connectivity index (χ4n) is 3.03. The van der Waals surface area contributed by atoms with E-state index in [-0.39, 0.29) is 0 Å². The van der Waals surface area contributed by atoms with E-state index >= 15 is 0 Å². The summed E-state index contributed by atoms with van der Waals surface area (Å²) in [4.78, 5) is 5.32. The minimum Gasteiger partial charge on any atom is -0.381 e. The van der Waals surface area contributed by atoms with Gasteiger partial charge in [0.15, 0.2) is 0 Å². The lowest BCUT2D eigenvalue weighted by Crippen LogP contribution is -2.63. The lowest BCUT2D eigenvalue weighted by atomic mass is 9.87. The van der Waals surface area contributed by atoms with Crippen LogP contribution in [-0.2, 0) is 4.74 Å². The smallest absolute Gasteiger partial charge is 0.0601 e. The van der Waals surface area contributed by atoms with Crippen molar-refractivity contribution >= 4 is 0 Å². The molecule has 0 aromatic carbocycles. The minimum atomic E-state index is 0.541. The van der Waals surface area contributed by atoms with Crippen molar-refractivity contribution in [3.63, 3.8) is 0 Å². The predicted molar refractivity (Wildman–Crippen MR) is 63.6 cm³/mol. The summed E-state index contributed by atoms with van der Waals surface area (Å²) in [5.74, 6) is 0. The summed E-state index contributed by atoms with van der Waals surface area (Å²) in [7, 11) is 1.84. The van der Waals surface area contributed by atoms with Crippen LogP contribution in [0, 0.1) is 0 Å². The highest BCUT2D eigenvalue weighted by Crippen LogP contribution is 2.28. The van der Waals surface area contributed by atoms with Gasteiger partial charge >= 0.3 is 0 Å². The molecule has 0 amide bonds. The molecule has 3 fully saturated rings. The first-order valence-electron chi connectivity index (χ1n) is 6.58. The molecule has 16 heavy (non-hydrogen) atoms. The van der Waals surface area contributed by atoms with Gasteiger partial charge in [0.25, 0.3) is 0 Å². The van der Waals surface area contributed by atoms with Crippen LogP contribution in [-0.4, -0.2) is 74.4 Å². The second-order valence-corrected chi connectivity index (χ2v) is 5.37. The maximum atomic E-state index is 5.35. The van der Waals surface area contributed by atoms with Crippen LogP contribution in [0.2, 0.25) is 0 Å². The summed E-state index contributed by atoms with van der Waals surface area (Å²) >= 11 is 0. The Morgan fingerprint density at radius 3 is 1.94 bits per heavy atom. The van der Waals surface area contributed by atoms with Gasteiger partial charge in [-0.15, -0.1) is 0 Å². The van der Waals surface area contributed by atoms with E-state index in [4.69, 9.17) is 4.74 Å². The van der Waals surface area contributed by atoms with Gasteiger partial charge in [-0.1, -0.05) is 0 Å². The molecular formula is C12H23N3O. The fourth-order valence-corrected chi connectivity index (χ4v) is 3.03. The van der Waals surface area contributed by atoms with Gasteiger partial charge in [0.05, 0.1) is 6.10 Å². The number of methoxy groups -OCH3 is 1. The normalized spacial score (nSPS) is 38.1. The van der Waals surface area contributed by atoms with Crippen LogP contribution in [0.3, 0.4) is 0 Å². The van der Waals surface area contributed by atoms with Gasteiger partial charge < -0.3 is 10.1 Å². The quantitative estimate of drug-likeness (QED) is 0.717. The molecule has 4 nitrogen and oxygen atoms in total. The molecule has 1 aliphatic carbocycles. The van der Waals surface area contributed by atoms with E-state index in [1.54, 1.807) is 0 Å². The molecule has 1 saturated carbocycles. The van der Waals surface area contributed by atoms with Crippen LogP contribution >= 0.6 is 0 Å². The Bertz CT molecular complexity index is 230. The second kappa shape index (κ2) is 4.61. The molecule has 0 radical (unpaired) electrons. The first kappa shape index (κ1) is 11.0. The molecule has 2 saturated heterocycles. The van der Waals surface area contributed by atoms with E-state index in [0.29, 0.717) is 6.10 Å². The molecule has 2 aliphatic heterocycles. The van der Waals surface area contributed by atoms with Gasteiger partial charge in [0.1, 0.15) is 0 Å². The highest BCUT2D eigenvalue weighted by atomic mass is 16.5. The zero-order valence-corrected chi connectivity index (χ0v) is 10.2. The van der Waals surface area contributed by atoms with E-state index in [2.05, 4.69) is 15.1 Å². The van der Waals surface area contributed by atoms with Crippen LogP contribution < -0.4 is 5.32 Å². The van der Waals surface area contributed by atoms with Crippen molar-refractivity contribution in [3.05, 3.63) is 0 Å². The summed E-state index contributed by atoms with van der Waals surface area (Å²) in [5.41, 5.74) is 0. The summed E-state index contributed by atoms with van der Waals surface area (Å²) < 4.78 is 5.35. The maximum absolute atomic E-state index is 5.35. The number of nitrogens with zero attached hydrogens (tertiary/aromatic N) is 2. The Kier molecular flexibility index (Phi) is 3.16. The Balaban J connectivity index is 1.41. The van der Waals surface area contributed by atoms with Crippen molar-refractivity contribution in [2.75, 3.05) is 46.4 Å². The molecule has 92 valence electrons. The number of hydrogen-bond acceptors (Lipinski definition) is 4. The predicted octanol–water partition coefficient (Wildman–Crippen LogP) is -0.247. The SMILES string of the molecule is CO[C@H]1C[C@H](N2CCN(C3CNC3)CC2)C1. The van der Waals surface area contributed by atoms with Crippen LogP contribution in [0.25, 0.3) is 0 Å². The molecule has 0 spiro atoms. The largest absolute Gasteiger partial charge is 0.381 e. The van der Waals surface area contributed by atoms with Gasteiger partial charge in [-0.3, -0.25) is 9.80 Å². The Labute approximate surface area is 97.9 Å². The standard InChI is InChI=1S/C12H23N3O/c1-16-12-6-10(7-12)14-2-4-15(5-3-14)11-8-13-9-11/h10-13H,2-9H2,1H3/t10-,12-. The van der Waals surface area contributed by atoms with Gasteiger partial charge in [0.2, 0.25) is 0 Å². The minimum absolute atomic E-state index is 0.541. The summed E-state index contributed by atoms with van der Waals surface area (Å²) in [5, 5.41) is 3.36. The number of rotatable bonds is 3. The molecule has 0 aromatic heterocycles. The summed E-state index contributed by atoms with van der Waals surface area (Å²) in [6.07, 6.45) is 3.04. The van der Waals surface area contributed by atoms with Gasteiger partial charge in [0, 0.05) is 58.5 Å². The topological polar surface area (TPSA) is 27.7 Å². The zero-order valence-electron chi connectivity index (χ0n) is 10.2. The van der Waals surface area contributed by atoms with Gasteiger partial charge in [-0.05, 0) is 12.8 Å². The molecule has 3 rings (SSSR count). The summed E-state index contributed by atoms with van der Waals surface area (Å²) in [6.45, 7) is 7.46. The number of hydrogen-bond donors (Lipinski definition) is 1. The van der Waals surface area contributed by atoms with E-state index < -0.39 is 0 Å². The lowest BCUT2D eigenvalue weighted by molar-refractivity contribution is -0.0460. The third-order valence-electron chi connectivity index (χ3n) is 4.54. The van der Waals surface area contributed by atoms with E-state index in [0.717, 1.165) is 12.1 Å². The molecule has 0 unspecified atom stereocenters. The molecule has 1 N–H and O–H groups in total. The number of piperazine rings is 1. The van der Waals surface area contributed by atoms with E-state index in [1.165, 1.54) is 52.1 Å². The van der Waals surface area contributed by atoms with Crippen molar-refractivity contribution in [2.45, 2.75) is 31.0 Å². The molecule has 4 heteroatoms. The average molecular weight is 225 g/mol. The lowest BCUT2D eigenvalue weighted by Gasteiger charge is -2.48. The third-order valence-corrected chi connectivity index (χ3v) is 4.54. The van der Waals surface area contributed by atoms with Gasteiger partial charge in [-0.2, -0.15) is 0 Å². The molecular weight excluding hydrogens is 202 g/mol. The Morgan fingerprint density at radius 2 is 1.50 bits per heavy atom. The van der Waals surface area contributed by atoms with E-state index in [1.807, 2.05) is 7.11 Å². The molecule has 0 aromatic rings. The van der Waals surface area contributed by atoms with Crippen molar-refractivity contribution in [1.82, 2.24) is 15.1 Å². The first-order valence-corrected chi connectivity index (χ1v) is 6.58. The fraction of sp³-hybridized carbons (Fsp3) is 1.00. The highest BCUT2D eigenvalue weighted by Gasteiger charge is 2.36. The van der Waals surface area contributed by atoms with Gasteiger partial charge in [-0.25, -0.2) is 0 Å². The summed E-state index contributed by atoms with van der Waals surface area (Å²) in [6, 6.07) is 1.64. The van der Waals surface area contributed by atoms with Crippen LogP contribution in [0.4, 0.5) is 0 Å². The van der Waals surface area contributed by atoms with Crippen molar-refractivity contribution in [3.8, 4) is 0 Å². The van der Waals surface area contributed by atoms with Crippen LogP contribution in [0.15, 0.2) is 0 Å². The van der Waals surface area contributed by atoms with Crippen molar-refractivity contribution in [2.24, 2.45) is 0 Å². The third kappa shape index (κ3) is 1.99. The maximum Gasteiger partial charge on any atom is 0.0601 e. The van der Waals surface area contributed by atoms with Crippen molar-refractivity contribution in [1.29, 1.82) is 0 Å². The Hall–Kier alpha value is -0.160. The van der Waals surface area contributed by atoms with Crippen molar-refractivity contribution < 1.29 is 4.74 Å². The number of nitrogens with one attached hydrogen (secondary N) is 1. The van der Waals surface area contributed by atoms with Crippen LogP contribution in [0.5, 0.6) is 0 Å². The van der Waals surface area contributed by atoms with E-state index in [9.17, 15) is 0 Å². The second-order valence-electron chi connectivity index (χ2n) is 5.37.